The maximum atomic E-state index is 12.6. The first-order valence-electron chi connectivity index (χ1n) is 7.26. The number of hydrogen-bond donors (Lipinski definition) is 1. The second kappa shape index (κ2) is 6.71. The highest BCUT2D eigenvalue weighted by Crippen LogP contribution is 2.14. The molecule has 1 amide bonds. The van der Waals surface area contributed by atoms with Gasteiger partial charge in [-0.05, 0) is 38.8 Å². The molecule has 3 heteroatoms. The normalized spacial score (nSPS) is 19.4. The van der Waals surface area contributed by atoms with Gasteiger partial charge in [0.1, 0.15) is 0 Å². The summed E-state index contributed by atoms with van der Waals surface area (Å²) >= 11 is 0. The molecule has 0 bridgehead atoms. The fourth-order valence-electron chi connectivity index (χ4n) is 2.56. The molecular formula is C16H24N2O. The Morgan fingerprint density at radius 3 is 2.63 bits per heavy atom. The molecule has 1 fully saturated rings. The van der Waals surface area contributed by atoms with E-state index >= 15 is 0 Å². The summed E-state index contributed by atoms with van der Waals surface area (Å²) < 4.78 is 0. The van der Waals surface area contributed by atoms with E-state index in [9.17, 15) is 4.79 Å². The Balaban J connectivity index is 2.04. The van der Waals surface area contributed by atoms with Crippen LogP contribution in [0.5, 0.6) is 0 Å². The second-order valence-corrected chi connectivity index (χ2v) is 5.55. The monoisotopic (exact) mass is 260 g/mol. The zero-order valence-electron chi connectivity index (χ0n) is 11.9. The van der Waals surface area contributed by atoms with Crippen molar-refractivity contribution in [3.8, 4) is 0 Å². The van der Waals surface area contributed by atoms with Crippen LogP contribution in [0.1, 0.15) is 38.7 Å². The van der Waals surface area contributed by atoms with Crippen LogP contribution >= 0.6 is 0 Å². The van der Waals surface area contributed by atoms with Crippen molar-refractivity contribution in [1.82, 2.24) is 10.2 Å². The zero-order valence-corrected chi connectivity index (χ0v) is 11.9. The smallest absolute Gasteiger partial charge is 0.240 e. The molecule has 3 nitrogen and oxygen atoms in total. The van der Waals surface area contributed by atoms with Gasteiger partial charge in [-0.3, -0.25) is 4.79 Å². The molecule has 104 valence electrons. The summed E-state index contributed by atoms with van der Waals surface area (Å²) in [7, 11) is 0. The lowest BCUT2D eigenvalue weighted by Gasteiger charge is -2.32. The minimum Gasteiger partial charge on any atom is -0.335 e. The molecule has 1 aliphatic heterocycles. The molecule has 1 aliphatic rings. The summed E-state index contributed by atoms with van der Waals surface area (Å²) in [6.07, 6.45) is 3.31. The van der Waals surface area contributed by atoms with E-state index in [2.05, 4.69) is 31.3 Å². The average molecular weight is 260 g/mol. The third-order valence-corrected chi connectivity index (χ3v) is 3.71. The molecule has 0 saturated carbocycles. The van der Waals surface area contributed by atoms with E-state index < -0.39 is 0 Å². The van der Waals surface area contributed by atoms with Crippen LogP contribution in [-0.2, 0) is 11.3 Å². The molecule has 1 aromatic carbocycles. The van der Waals surface area contributed by atoms with Crippen LogP contribution in [0, 0.1) is 0 Å². The van der Waals surface area contributed by atoms with Gasteiger partial charge in [0.05, 0.1) is 6.04 Å². The summed E-state index contributed by atoms with van der Waals surface area (Å²) in [5.41, 5.74) is 1.19. The van der Waals surface area contributed by atoms with Gasteiger partial charge in [0.25, 0.3) is 0 Å². The summed E-state index contributed by atoms with van der Waals surface area (Å²) in [6, 6.07) is 10.5. The Labute approximate surface area is 116 Å². The first-order chi connectivity index (χ1) is 9.18. The van der Waals surface area contributed by atoms with Crippen molar-refractivity contribution in [3.05, 3.63) is 35.9 Å². The minimum atomic E-state index is 0.0138. The maximum absolute atomic E-state index is 12.6. The molecule has 2 rings (SSSR count). The standard InChI is InChI=1S/C16H24N2O/c1-13(2)18(12-14-8-4-3-5-9-14)16(19)15-10-6-7-11-17-15/h3-5,8-9,13,15,17H,6-7,10-12H2,1-2H3/t15-/m1/s1. The highest BCUT2D eigenvalue weighted by atomic mass is 16.2. The van der Waals surface area contributed by atoms with E-state index in [1.807, 2.05) is 23.1 Å². The number of amides is 1. The van der Waals surface area contributed by atoms with E-state index in [4.69, 9.17) is 0 Å². The Morgan fingerprint density at radius 1 is 1.32 bits per heavy atom. The van der Waals surface area contributed by atoms with Crippen LogP contribution in [-0.4, -0.2) is 29.4 Å². The molecule has 19 heavy (non-hydrogen) atoms. The SMILES string of the molecule is CC(C)N(Cc1ccccc1)C(=O)[C@H]1CCCCN1. The lowest BCUT2D eigenvalue weighted by molar-refractivity contribution is -0.136. The van der Waals surface area contributed by atoms with Crippen molar-refractivity contribution in [2.24, 2.45) is 0 Å². The summed E-state index contributed by atoms with van der Waals surface area (Å²) in [4.78, 5) is 14.6. The minimum absolute atomic E-state index is 0.0138. The first kappa shape index (κ1) is 14.1. The van der Waals surface area contributed by atoms with Crippen LogP contribution in [0.25, 0.3) is 0 Å². The molecule has 1 N–H and O–H groups in total. The average Bonchev–Trinajstić information content (AvgIpc) is 2.46. The molecule has 0 aromatic heterocycles. The number of piperidine rings is 1. The number of hydrogen-bond acceptors (Lipinski definition) is 2. The second-order valence-electron chi connectivity index (χ2n) is 5.55. The fraction of sp³-hybridized carbons (Fsp3) is 0.562. The van der Waals surface area contributed by atoms with Gasteiger partial charge in [-0.1, -0.05) is 36.8 Å². The highest BCUT2D eigenvalue weighted by Gasteiger charge is 2.27. The number of carbonyl (C=O) groups is 1. The lowest BCUT2D eigenvalue weighted by Crippen LogP contribution is -2.50. The Kier molecular flexibility index (Phi) is 4.97. The van der Waals surface area contributed by atoms with Crippen LogP contribution < -0.4 is 5.32 Å². The third-order valence-electron chi connectivity index (χ3n) is 3.71. The van der Waals surface area contributed by atoms with Crippen LogP contribution in [0.2, 0.25) is 0 Å². The topological polar surface area (TPSA) is 32.3 Å². The van der Waals surface area contributed by atoms with Gasteiger partial charge in [0.15, 0.2) is 0 Å². The Morgan fingerprint density at radius 2 is 2.05 bits per heavy atom. The van der Waals surface area contributed by atoms with Crippen LogP contribution in [0.4, 0.5) is 0 Å². The Bertz CT molecular complexity index is 396. The van der Waals surface area contributed by atoms with Crippen molar-refractivity contribution in [1.29, 1.82) is 0 Å². The van der Waals surface area contributed by atoms with Gasteiger partial charge < -0.3 is 10.2 Å². The molecule has 0 spiro atoms. The van der Waals surface area contributed by atoms with Gasteiger partial charge in [0, 0.05) is 12.6 Å². The van der Waals surface area contributed by atoms with E-state index in [1.54, 1.807) is 0 Å². The number of nitrogens with one attached hydrogen (secondary N) is 1. The number of carbonyl (C=O) groups excluding carboxylic acids is 1. The number of rotatable bonds is 4. The van der Waals surface area contributed by atoms with Crippen molar-refractivity contribution in [3.63, 3.8) is 0 Å². The molecule has 0 radical (unpaired) electrons. The van der Waals surface area contributed by atoms with Gasteiger partial charge >= 0.3 is 0 Å². The van der Waals surface area contributed by atoms with Crippen LogP contribution in [0.3, 0.4) is 0 Å². The first-order valence-corrected chi connectivity index (χ1v) is 7.26. The largest absolute Gasteiger partial charge is 0.335 e. The van der Waals surface area contributed by atoms with E-state index in [1.165, 1.54) is 12.0 Å². The molecule has 1 aromatic rings. The third kappa shape index (κ3) is 3.80. The fourth-order valence-corrected chi connectivity index (χ4v) is 2.56. The van der Waals surface area contributed by atoms with Crippen molar-refractivity contribution in [2.75, 3.05) is 6.54 Å². The highest BCUT2D eigenvalue weighted by molar-refractivity contribution is 5.82. The molecule has 1 atom stereocenters. The van der Waals surface area contributed by atoms with Gasteiger partial charge in [0.2, 0.25) is 5.91 Å². The Hall–Kier alpha value is -1.35. The summed E-state index contributed by atoms with van der Waals surface area (Å²) in [6.45, 7) is 5.84. The van der Waals surface area contributed by atoms with E-state index in [0.29, 0.717) is 6.54 Å². The predicted molar refractivity (Wildman–Crippen MR) is 77.8 cm³/mol. The van der Waals surface area contributed by atoms with Crippen LogP contribution in [0.15, 0.2) is 30.3 Å². The quantitative estimate of drug-likeness (QED) is 0.902. The lowest BCUT2D eigenvalue weighted by atomic mass is 10.0. The number of nitrogens with zero attached hydrogens (tertiary/aromatic N) is 1. The predicted octanol–water partition coefficient (Wildman–Crippen LogP) is 2.57. The summed E-state index contributed by atoms with van der Waals surface area (Å²) in [5, 5.41) is 3.35. The maximum Gasteiger partial charge on any atom is 0.240 e. The van der Waals surface area contributed by atoms with E-state index in [0.717, 1.165) is 19.4 Å². The van der Waals surface area contributed by atoms with Gasteiger partial charge in [-0.25, -0.2) is 0 Å². The van der Waals surface area contributed by atoms with Crippen molar-refractivity contribution in [2.45, 2.75) is 51.7 Å². The molecule has 1 heterocycles. The van der Waals surface area contributed by atoms with Crippen molar-refractivity contribution >= 4 is 5.91 Å². The summed E-state index contributed by atoms with van der Waals surface area (Å²) in [5.74, 6) is 0.249. The van der Waals surface area contributed by atoms with Gasteiger partial charge in [-0.2, -0.15) is 0 Å². The molecular weight excluding hydrogens is 236 g/mol. The number of benzene rings is 1. The van der Waals surface area contributed by atoms with Crippen molar-refractivity contribution < 1.29 is 4.79 Å². The molecule has 0 aliphatic carbocycles. The molecule has 0 unspecified atom stereocenters. The van der Waals surface area contributed by atoms with Gasteiger partial charge in [-0.15, -0.1) is 0 Å². The van der Waals surface area contributed by atoms with E-state index in [-0.39, 0.29) is 18.0 Å². The zero-order chi connectivity index (χ0) is 13.7. The molecule has 1 saturated heterocycles.